The van der Waals surface area contributed by atoms with Crippen molar-refractivity contribution < 1.29 is 22.5 Å². The van der Waals surface area contributed by atoms with E-state index in [-0.39, 0.29) is 28.1 Å². The Labute approximate surface area is 205 Å². The van der Waals surface area contributed by atoms with Crippen LogP contribution in [0.15, 0.2) is 28.9 Å². The third kappa shape index (κ3) is 4.68. The molecule has 4 rings (SSSR count). The van der Waals surface area contributed by atoms with Gasteiger partial charge in [0.2, 0.25) is 11.4 Å². The van der Waals surface area contributed by atoms with Gasteiger partial charge in [0.05, 0.1) is 27.3 Å². The van der Waals surface area contributed by atoms with Gasteiger partial charge in [0, 0.05) is 31.0 Å². The van der Waals surface area contributed by atoms with Crippen LogP contribution in [-0.4, -0.2) is 53.5 Å². The van der Waals surface area contributed by atoms with Gasteiger partial charge < -0.3 is 20.5 Å². The third-order valence-electron chi connectivity index (χ3n) is 5.40. The van der Waals surface area contributed by atoms with Gasteiger partial charge in [0.25, 0.3) is 5.91 Å². The monoisotopic (exact) mass is 528 g/mol. The van der Waals surface area contributed by atoms with Crippen LogP contribution < -0.4 is 20.9 Å². The van der Waals surface area contributed by atoms with Crippen LogP contribution in [0.1, 0.15) is 16.8 Å². The highest BCUT2D eigenvalue weighted by atomic mass is 35.5. The van der Waals surface area contributed by atoms with E-state index < -0.39 is 17.9 Å². The van der Waals surface area contributed by atoms with Gasteiger partial charge in [-0.15, -0.1) is 0 Å². The summed E-state index contributed by atoms with van der Waals surface area (Å²) in [5, 5.41) is 21.7. The molecule has 1 aromatic carbocycles. The molecule has 15 heteroatoms. The van der Waals surface area contributed by atoms with Gasteiger partial charge in [-0.2, -0.15) is 13.2 Å². The van der Waals surface area contributed by atoms with Gasteiger partial charge in [0.15, 0.2) is 11.6 Å². The Kier molecular flexibility index (Phi) is 6.47. The Balaban J connectivity index is 1.47. The molecule has 0 unspecified atom stereocenters. The molecule has 1 aliphatic heterocycles. The van der Waals surface area contributed by atoms with Crippen LogP contribution in [0.2, 0.25) is 10.0 Å². The number of anilines is 3. The maximum Gasteiger partial charge on any atom is 0.449 e. The first-order chi connectivity index (χ1) is 16.5. The van der Waals surface area contributed by atoms with Crippen molar-refractivity contribution in [1.82, 2.24) is 15.5 Å². The molecule has 10 nitrogen and oxygen atoms in total. The summed E-state index contributed by atoms with van der Waals surface area (Å²) >= 11 is 12.3. The Hall–Kier alpha value is -3.58. The molecule has 1 atom stereocenters. The smallest absolute Gasteiger partial charge is 0.380 e. The van der Waals surface area contributed by atoms with Crippen molar-refractivity contribution in [2.75, 3.05) is 28.6 Å². The van der Waals surface area contributed by atoms with Crippen LogP contribution in [-0.2, 0) is 0 Å². The Morgan fingerprint density at radius 2 is 2.09 bits per heavy atom. The molecule has 0 saturated carbocycles. The van der Waals surface area contributed by atoms with Crippen LogP contribution in [0, 0.1) is 10.8 Å². The van der Waals surface area contributed by atoms with E-state index in [0.29, 0.717) is 52.6 Å². The van der Waals surface area contributed by atoms with E-state index in [2.05, 4.69) is 15.5 Å². The fourth-order valence-corrected chi connectivity index (χ4v) is 4.22. The van der Waals surface area contributed by atoms with Gasteiger partial charge in [-0.1, -0.05) is 28.4 Å². The molecular formula is C20H17Cl2F3N8O2. The van der Waals surface area contributed by atoms with E-state index in [1.807, 2.05) is 4.90 Å². The molecule has 2 aromatic heterocycles. The molecule has 3 aromatic rings. The molecule has 35 heavy (non-hydrogen) atoms. The maximum atomic E-state index is 12.9. The fraction of sp³-hybridized carbons (Fsp3) is 0.250. The standard InChI is InChI=1S/C20H17Cl2F3N8O2/c21-12-5-10(33(8-26)19(28)20(23,24)25)1-2-11(12)18(34)30-9-3-4-32(7-9)17-15-14(13(22)6-29-17)16(27)31-35-15/h1-2,5-6,8-9,26,28H,3-4,7H2,(H2,27,31)(H,30,34)/t9-/m1/s1. The zero-order valence-electron chi connectivity index (χ0n) is 17.7. The molecule has 5 N–H and O–H groups in total. The van der Waals surface area contributed by atoms with Crippen molar-refractivity contribution in [2.45, 2.75) is 18.6 Å². The molecule has 1 fully saturated rings. The molecule has 1 aliphatic rings. The van der Waals surface area contributed by atoms with E-state index in [1.165, 1.54) is 18.3 Å². The van der Waals surface area contributed by atoms with Crippen LogP contribution in [0.25, 0.3) is 11.0 Å². The molecule has 0 radical (unpaired) electrons. The van der Waals surface area contributed by atoms with Crippen molar-refractivity contribution in [3.05, 3.63) is 40.0 Å². The Morgan fingerprint density at radius 3 is 2.74 bits per heavy atom. The minimum atomic E-state index is -4.96. The van der Waals surface area contributed by atoms with Crippen molar-refractivity contribution in [2.24, 2.45) is 0 Å². The van der Waals surface area contributed by atoms with E-state index in [1.54, 1.807) is 0 Å². The normalized spacial score (nSPS) is 15.9. The molecule has 3 heterocycles. The van der Waals surface area contributed by atoms with Gasteiger partial charge in [-0.25, -0.2) is 4.98 Å². The number of nitrogen functional groups attached to an aromatic ring is 1. The largest absolute Gasteiger partial charge is 0.449 e. The molecule has 184 valence electrons. The first-order valence-electron chi connectivity index (χ1n) is 10.0. The minimum Gasteiger partial charge on any atom is -0.380 e. The van der Waals surface area contributed by atoms with E-state index in [9.17, 15) is 18.0 Å². The SMILES string of the molecule is N=CN(C(=N)C(F)(F)F)c1ccc(C(=O)N[C@@H]2CCN(c3ncc(Cl)c4c(N)noc34)C2)c(Cl)c1. The summed E-state index contributed by atoms with van der Waals surface area (Å²) in [6.45, 7) is 0.923. The summed E-state index contributed by atoms with van der Waals surface area (Å²) in [5.74, 6) is -1.67. The van der Waals surface area contributed by atoms with Crippen molar-refractivity contribution in [1.29, 1.82) is 10.8 Å². The predicted octanol–water partition coefficient (Wildman–Crippen LogP) is 4.07. The Bertz CT molecular complexity index is 1330. The van der Waals surface area contributed by atoms with E-state index >= 15 is 0 Å². The summed E-state index contributed by atoms with van der Waals surface area (Å²) < 4.78 is 43.9. The number of amidine groups is 1. The number of aromatic nitrogens is 2. The highest BCUT2D eigenvalue weighted by molar-refractivity contribution is 6.36. The molecule has 0 spiro atoms. The average Bonchev–Trinajstić information content (AvgIpc) is 3.41. The van der Waals surface area contributed by atoms with Crippen LogP contribution in [0.3, 0.4) is 0 Å². The summed E-state index contributed by atoms with van der Waals surface area (Å²) in [5.41, 5.74) is 5.99. The van der Waals surface area contributed by atoms with Crippen LogP contribution in [0.4, 0.5) is 30.5 Å². The zero-order valence-corrected chi connectivity index (χ0v) is 19.2. The lowest BCUT2D eigenvalue weighted by Crippen LogP contribution is -2.40. The molecule has 0 bridgehead atoms. The van der Waals surface area contributed by atoms with E-state index in [0.717, 1.165) is 6.07 Å². The van der Waals surface area contributed by atoms with Crippen molar-refractivity contribution in [3.63, 3.8) is 0 Å². The van der Waals surface area contributed by atoms with Crippen LogP contribution >= 0.6 is 23.2 Å². The highest BCUT2D eigenvalue weighted by Crippen LogP contribution is 2.35. The number of nitrogens with zero attached hydrogens (tertiary/aromatic N) is 4. The average molecular weight is 529 g/mol. The molecular weight excluding hydrogens is 512 g/mol. The van der Waals surface area contributed by atoms with Gasteiger partial charge in [0.1, 0.15) is 0 Å². The number of amides is 1. The number of nitrogens with two attached hydrogens (primary N) is 1. The predicted molar refractivity (Wildman–Crippen MR) is 126 cm³/mol. The molecule has 0 aliphatic carbocycles. The number of halogens is 5. The number of alkyl halides is 3. The summed E-state index contributed by atoms with van der Waals surface area (Å²) in [6, 6.07) is 3.21. The number of rotatable bonds is 5. The van der Waals surface area contributed by atoms with Crippen molar-refractivity contribution in [3.8, 4) is 0 Å². The second-order valence-electron chi connectivity index (χ2n) is 7.62. The molecule has 1 saturated heterocycles. The maximum absolute atomic E-state index is 12.9. The van der Waals surface area contributed by atoms with Crippen LogP contribution in [0.5, 0.6) is 0 Å². The molecule has 1 amide bonds. The minimum absolute atomic E-state index is 0.0346. The lowest BCUT2D eigenvalue weighted by Gasteiger charge is -2.22. The Morgan fingerprint density at radius 1 is 1.34 bits per heavy atom. The van der Waals surface area contributed by atoms with Crippen molar-refractivity contribution >= 4 is 69.6 Å². The van der Waals surface area contributed by atoms with E-state index in [4.69, 9.17) is 44.3 Å². The van der Waals surface area contributed by atoms with Gasteiger partial charge in [-0.05, 0) is 24.6 Å². The number of carbonyl (C=O) groups is 1. The summed E-state index contributed by atoms with van der Waals surface area (Å²) in [7, 11) is 0. The first-order valence-corrected chi connectivity index (χ1v) is 10.8. The second kappa shape index (κ2) is 9.23. The fourth-order valence-electron chi connectivity index (χ4n) is 3.73. The number of pyridine rings is 1. The number of hydrogen-bond donors (Lipinski definition) is 4. The summed E-state index contributed by atoms with van der Waals surface area (Å²) in [6.07, 6.45) is -2.61. The lowest BCUT2D eigenvalue weighted by molar-refractivity contribution is -0.0603. The van der Waals surface area contributed by atoms with Gasteiger partial charge >= 0.3 is 6.18 Å². The quantitative estimate of drug-likeness (QED) is 0.288. The number of benzene rings is 1. The summed E-state index contributed by atoms with van der Waals surface area (Å²) in [4.78, 5) is 19.3. The number of fused-ring (bicyclic) bond motifs is 1. The number of carbonyl (C=O) groups excluding carboxylic acids is 1. The lowest BCUT2D eigenvalue weighted by atomic mass is 10.1. The number of nitrogens with one attached hydrogen (secondary N) is 3. The topological polar surface area (TPSA) is 148 Å². The third-order valence-corrected chi connectivity index (χ3v) is 6.00. The van der Waals surface area contributed by atoms with Gasteiger partial charge in [-0.3, -0.25) is 20.5 Å². The zero-order chi connectivity index (χ0) is 25.5. The second-order valence-corrected chi connectivity index (χ2v) is 8.43. The number of hydrogen-bond acceptors (Lipinski definition) is 8. The first kappa shape index (κ1) is 24.5. The highest BCUT2D eigenvalue weighted by Gasteiger charge is 2.39.